The topological polar surface area (TPSA) is 26.0 Å². The lowest BCUT2D eigenvalue weighted by Gasteiger charge is -2.14. The van der Waals surface area contributed by atoms with E-state index in [2.05, 4.69) is 20.1 Å². The molecule has 0 aromatic rings. The van der Waals surface area contributed by atoms with Gasteiger partial charge in [0.1, 0.15) is 0 Å². The van der Waals surface area contributed by atoms with Gasteiger partial charge >= 0.3 is 0 Å². The summed E-state index contributed by atoms with van der Waals surface area (Å²) in [6.45, 7) is 4.29. The largest absolute Gasteiger partial charge is 0.327 e. The Morgan fingerprint density at radius 3 is 2.25 bits per heavy atom. The summed E-state index contributed by atoms with van der Waals surface area (Å²) in [7, 11) is 0. The third-order valence-electron chi connectivity index (χ3n) is 1.45. The van der Waals surface area contributed by atoms with E-state index in [1.165, 1.54) is 0 Å². The predicted molar refractivity (Wildman–Crippen MR) is 41.2 cm³/mol. The molecule has 0 heterocycles. The Bertz CT molecular complexity index is 48.5. The quantitative estimate of drug-likeness (QED) is 0.631. The van der Waals surface area contributed by atoms with Gasteiger partial charge in [-0.2, -0.15) is 11.8 Å². The highest BCUT2D eigenvalue weighted by atomic mass is 32.2. The van der Waals surface area contributed by atoms with E-state index < -0.39 is 0 Å². The van der Waals surface area contributed by atoms with Gasteiger partial charge in [-0.25, -0.2) is 0 Å². The van der Waals surface area contributed by atoms with Crippen molar-refractivity contribution in [2.75, 3.05) is 6.26 Å². The van der Waals surface area contributed by atoms with E-state index in [-0.39, 0.29) is 0 Å². The second-order valence-corrected chi connectivity index (χ2v) is 3.23. The standard InChI is InChI=1S/C6H15NS/c1-4-6(7)5(2)8-3/h5-6H,4,7H2,1-3H3. The van der Waals surface area contributed by atoms with Crippen molar-refractivity contribution in [1.29, 1.82) is 0 Å². The SMILES string of the molecule is CCC(N)C(C)SC. The molecule has 2 N–H and O–H groups in total. The Kier molecular flexibility index (Phi) is 4.38. The molecule has 0 spiro atoms. The van der Waals surface area contributed by atoms with Crippen LogP contribution in [0.2, 0.25) is 0 Å². The third-order valence-corrected chi connectivity index (χ3v) is 2.54. The van der Waals surface area contributed by atoms with E-state index in [4.69, 9.17) is 5.73 Å². The van der Waals surface area contributed by atoms with Gasteiger partial charge in [0, 0.05) is 11.3 Å². The summed E-state index contributed by atoms with van der Waals surface area (Å²) in [6, 6.07) is 0.380. The van der Waals surface area contributed by atoms with Crippen molar-refractivity contribution in [3.63, 3.8) is 0 Å². The van der Waals surface area contributed by atoms with Crippen molar-refractivity contribution in [1.82, 2.24) is 0 Å². The van der Waals surface area contributed by atoms with Gasteiger partial charge in [0.15, 0.2) is 0 Å². The molecule has 2 atom stereocenters. The van der Waals surface area contributed by atoms with Crippen molar-refractivity contribution in [2.24, 2.45) is 5.73 Å². The molecule has 0 radical (unpaired) electrons. The third kappa shape index (κ3) is 2.58. The number of rotatable bonds is 3. The second kappa shape index (κ2) is 4.21. The molecular formula is C6H15NS. The van der Waals surface area contributed by atoms with Crippen LogP contribution < -0.4 is 5.73 Å². The van der Waals surface area contributed by atoms with E-state index in [0.717, 1.165) is 6.42 Å². The Labute approximate surface area is 56.0 Å². The molecule has 0 fully saturated rings. The van der Waals surface area contributed by atoms with Gasteiger partial charge in [-0.05, 0) is 12.7 Å². The van der Waals surface area contributed by atoms with Crippen LogP contribution in [0.25, 0.3) is 0 Å². The number of hydrogen-bond acceptors (Lipinski definition) is 2. The van der Waals surface area contributed by atoms with Crippen LogP contribution in [0.5, 0.6) is 0 Å². The maximum absolute atomic E-state index is 5.71. The summed E-state index contributed by atoms with van der Waals surface area (Å²) >= 11 is 1.83. The summed E-state index contributed by atoms with van der Waals surface area (Å²) in [4.78, 5) is 0. The molecule has 0 rings (SSSR count). The van der Waals surface area contributed by atoms with Gasteiger partial charge in [-0.1, -0.05) is 13.8 Å². The number of nitrogens with two attached hydrogens (primary N) is 1. The first-order chi connectivity index (χ1) is 3.72. The molecular weight excluding hydrogens is 118 g/mol. The van der Waals surface area contributed by atoms with Crippen molar-refractivity contribution >= 4 is 11.8 Å². The molecule has 2 heteroatoms. The molecule has 50 valence electrons. The molecule has 0 aliphatic heterocycles. The lowest BCUT2D eigenvalue weighted by atomic mass is 10.2. The average Bonchev–Trinajstić information content (AvgIpc) is 1.84. The summed E-state index contributed by atoms with van der Waals surface area (Å²) in [5, 5.41) is 0.611. The van der Waals surface area contributed by atoms with Crippen LogP contribution in [0, 0.1) is 0 Å². The van der Waals surface area contributed by atoms with Gasteiger partial charge in [0.2, 0.25) is 0 Å². The molecule has 0 aromatic heterocycles. The Morgan fingerprint density at radius 1 is 1.62 bits per heavy atom. The monoisotopic (exact) mass is 133 g/mol. The fraction of sp³-hybridized carbons (Fsp3) is 1.00. The van der Waals surface area contributed by atoms with Crippen molar-refractivity contribution in [3.05, 3.63) is 0 Å². The molecule has 0 aromatic carbocycles. The maximum Gasteiger partial charge on any atom is 0.0167 e. The van der Waals surface area contributed by atoms with Crippen LogP contribution in [0.15, 0.2) is 0 Å². The lowest BCUT2D eigenvalue weighted by Crippen LogP contribution is -2.28. The first-order valence-electron chi connectivity index (χ1n) is 3.00. The van der Waals surface area contributed by atoms with Crippen LogP contribution >= 0.6 is 11.8 Å². The van der Waals surface area contributed by atoms with Crippen molar-refractivity contribution in [2.45, 2.75) is 31.6 Å². The number of hydrogen-bond donors (Lipinski definition) is 1. The fourth-order valence-electron chi connectivity index (χ4n) is 0.507. The van der Waals surface area contributed by atoms with Crippen LogP contribution in [0.1, 0.15) is 20.3 Å². The Hall–Kier alpha value is 0.310. The lowest BCUT2D eigenvalue weighted by molar-refractivity contribution is 0.643. The van der Waals surface area contributed by atoms with E-state index in [1.807, 2.05) is 11.8 Å². The normalized spacial score (nSPS) is 18.0. The van der Waals surface area contributed by atoms with E-state index in [0.29, 0.717) is 11.3 Å². The number of thioether (sulfide) groups is 1. The molecule has 0 saturated carbocycles. The summed E-state index contributed by atoms with van der Waals surface area (Å²) in [5.41, 5.74) is 5.71. The maximum atomic E-state index is 5.71. The molecule has 0 aliphatic rings. The molecule has 0 saturated heterocycles. The minimum Gasteiger partial charge on any atom is -0.327 e. The second-order valence-electron chi connectivity index (χ2n) is 2.01. The van der Waals surface area contributed by atoms with Crippen LogP contribution in [0.3, 0.4) is 0 Å². The van der Waals surface area contributed by atoms with Gasteiger partial charge in [-0.15, -0.1) is 0 Å². The summed E-state index contributed by atoms with van der Waals surface area (Å²) in [5.74, 6) is 0. The highest BCUT2D eigenvalue weighted by Gasteiger charge is 2.06. The molecule has 1 nitrogen and oxygen atoms in total. The molecule has 2 unspecified atom stereocenters. The average molecular weight is 133 g/mol. The van der Waals surface area contributed by atoms with E-state index in [9.17, 15) is 0 Å². The Balaban J connectivity index is 3.29. The van der Waals surface area contributed by atoms with Gasteiger partial charge in [0.05, 0.1) is 0 Å². The Morgan fingerprint density at radius 2 is 2.12 bits per heavy atom. The van der Waals surface area contributed by atoms with Crippen LogP contribution in [-0.2, 0) is 0 Å². The van der Waals surface area contributed by atoms with Crippen molar-refractivity contribution < 1.29 is 0 Å². The van der Waals surface area contributed by atoms with Gasteiger partial charge in [-0.3, -0.25) is 0 Å². The van der Waals surface area contributed by atoms with Crippen LogP contribution in [-0.4, -0.2) is 17.5 Å². The summed E-state index contributed by atoms with van der Waals surface area (Å²) in [6.07, 6.45) is 3.18. The molecule has 8 heavy (non-hydrogen) atoms. The smallest absolute Gasteiger partial charge is 0.0167 e. The molecule has 0 bridgehead atoms. The fourth-order valence-corrected chi connectivity index (χ4v) is 1.05. The predicted octanol–water partition coefficient (Wildman–Crippen LogP) is 1.48. The minimum atomic E-state index is 0.380. The van der Waals surface area contributed by atoms with Gasteiger partial charge in [0.25, 0.3) is 0 Å². The van der Waals surface area contributed by atoms with E-state index >= 15 is 0 Å². The molecule has 0 amide bonds. The highest BCUT2D eigenvalue weighted by molar-refractivity contribution is 7.99. The van der Waals surface area contributed by atoms with Crippen LogP contribution in [0.4, 0.5) is 0 Å². The zero-order valence-corrected chi connectivity index (χ0v) is 6.66. The van der Waals surface area contributed by atoms with E-state index in [1.54, 1.807) is 0 Å². The first kappa shape index (κ1) is 8.31. The van der Waals surface area contributed by atoms with Gasteiger partial charge < -0.3 is 5.73 Å². The zero-order chi connectivity index (χ0) is 6.57. The zero-order valence-electron chi connectivity index (χ0n) is 5.85. The summed E-state index contributed by atoms with van der Waals surface area (Å²) < 4.78 is 0. The molecule has 0 aliphatic carbocycles. The highest BCUT2D eigenvalue weighted by Crippen LogP contribution is 2.09. The minimum absolute atomic E-state index is 0.380. The first-order valence-corrected chi connectivity index (χ1v) is 4.29. The van der Waals surface area contributed by atoms with Crippen molar-refractivity contribution in [3.8, 4) is 0 Å².